The minimum atomic E-state index is -0.477. The summed E-state index contributed by atoms with van der Waals surface area (Å²) < 4.78 is 0. The van der Waals surface area contributed by atoms with Crippen molar-refractivity contribution in [1.82, 2.24) is 25.9 Å². The quantitative estimate of drug-likeness (QED) is 0.423. The lowest BCUT2D eigenvalue weighted by molar-refractivity contribution is -0.120. The van der Waals surface area contributed by atoms with Crippen molar-refractivity contribution in [2.24, 2.45) is 0 Å². The van der Waals surface area contributed by atoms with Gasteiger partial charge >= 0.3 is 11.7 Å². The highest BCUT2D eigenvalue weighted by Gasteiger charge is 2.11. The van der Waals surface area contributed by atoms with Crippen LogP contribution >= 0.6 is 0 Å². The van der Waals surface area contributed by atoms with Crippen LogP contribution in [0.4, 0.5) is 4.79 Å². The van der Waals surface area contributed by atoms with Gasteiger partial charge in [0.25, 0.3) is 5.56 Å². The van der Waals surface area contributed by atoms with Crippen LogP contribution in [0.2, 0.25) is 0 Å². The van der Waals surface area contributed by atoms with Crippen molar-refractivity contribution in [2.75, 3.05) is 13.6 Å². The number of urea groups is 1. The zero-order chi connectivity index (χ0) is 14.3. The fourth-order valence-electron chi connectivity index (χ4n) is 1.28. The Morgan fingerprint density at radius 2 is 2.00 bits per heavy atom. The monoisotopic (exact) mass is 269 g/mol. The van der Waals surface area contributed by atoms with Gasteiger partial charge < -0.3 is 15.6 Å². The van der Waals surface area contributed by atoms with Gasteiger partial charge in [-0.05, 0) is 7.05 Å². The summed E-state index contributed by atoms with van der Waals surface area (Å²) in [6.07, 6.45) is 1.80. The third-order valence-electron chi connectivity index (χ3n) is 2.15. The first kappa shape index (κ1) is 14.6. The molecule has 2 rings (SSSR count). The number of imide groups is 1. The van der Waals surface area contributed by atoms with Gasteiger partial charge in [0.15, 0.2) is 0 Å². The number of hydrogen-bond donors (Lipinski definition) is 5. The first-order valence-electron chi connectivity index (χ1n) is 5.56. The molecule has 9 heteroatoms. The summed E-state index contributed by atoms with van der Waals surface area (Å²) in [7, 11) is 1.73. The summed E-state index contributed by atoms with van der Waals surface area (Å²) in [5.74, 6) is -0.200. The van der Waals surface area contributed by atoms with Gasteiger partial charge in [-0.2, -0.15) is 0 Å². The molecular weight excluding hydrogens is 254 g/mol. The highest BCUT2D eigenvalue weighted by molar-refractivity contribution is 5.96. The van der Waals surface area contributed by atoms with Gasteiger partial charge in [0.2, 0.25) is 5.91 Å². The minimum Gasteiger partial charge on any atom is -0.337 e. The van der Waals surface area contributed by atoms with Crippen LogP contribution in [-0.2, 0) is 11.3 Å². The molecule has 1 aromatic rings. The molecule has 9 nitrogen and oxygen atoms in total. The molecule has 3 amide bonds. The number of carbonyl (C=O) groups excluding carboxylic acids is 2. The molecular formula is C10H15N5O4. The molecule has 1 fully saturated rings. The summed E-state index contributed by atoms with van der Waals surface area (Å²) in [6.45, 7) is 0.913. The Labute approximate surface area is 107 Å². The SMILES string of the molecule is CNCc1c[nH]c(=O)[nH]c1=O.O=C1CCNC(=O)N1. The number of hydrogen-bond acceptors (Lipinski definition) is 5. The first-order valence-corrected chi connectivity index (χ1v) is 5.56. The van der Waals surface area contributed by atoms with Crippen LogP contribution in [0.25, 0.3) is 0 Å². The standard InChI is InChI=1S/C6H9N3O2.C4H6N2O2/c1-7-2-4-3-8-6(11)9-5(4)10;7-3-1-2-5-4(8)6-3/h3,7H,2H2,1H3,(H2,8,9,10,11);1-2H2,(H2,5,6,7,8). The topological polar surface area (TPSA) is 136 Å². The van der Waals surface area contributed by atoms with Crippen LogP contribution in [0.1, 0.15) is 12.0 Å². The molecule has 104 valence electrons. The number of carbonyl (C=O) groups is 2. The largest absolute Gasteiger partial charge is 0.337 e. The lowest BCUT2D eigenvalue weighted by atomic mass is 10.3. The molecule has 0 aromatic carbocycles. The van der Waals surface area contributed by atoms with Crippen molar-refractivity contribution in [3.63, 3.8) is 0 Å². The summed E-state index contributed by atoms with van der Waals surface area (Å²) in [4.78, 5) is 46.5. The van der Waals surface area contributed by atoms with E-state index in [1.54, 1.807) is 7.05 Å². The van der Waals surface area contributed by atoms with Crippen molar-refractivity contribution in [3.8, 4) is 0 Å². The van der Waals surface area contributed by atoms with Crippen LogP contribution in [0.15, 0.2) is 15.8 Å². The molecule has 0 bridgehead atoms. The maximum absolute atomic E-state index is 10.9. The Morgan fingerprint density at radius 1 is 1.26 bits per heavy atom. The lowest BCUT2D eigenvalue weighted by Crippen LogP contribution is -2.46. The number of H-pyrrole nitrogens is 2. The molecule has 1 aliphatic heterocycles. The fraction of sp³-hybridized carbons (Fsp3) is 0.400. The lowest BCUT2D eigenvalue weighted by Gasteiger charge is -2.10. The molecule has 0 unspecified atom stereocenters. The predicted molar refractivity (Wildman–Crippen MR) is 66.6 cm³/mol. The summed E-state index contributed by atoms with van der Waals surface area (Å²) in [5, 5.41) is 7.33. The van der Waals surface area contributed by atoms with E-state index in [9.17, 15) is 19.2 Å². The van der Waals surface area contributed by atoms with Crippen LogP contribution in [-0.4, -0.2) is 35.5 Å². The molecule has 0 saturated carbocycles. The highest BCUT2D eigenvalue weighted by Crippen LogP contribution is 1.82. The Hall–Kier alpha value is -2.42. The Bertz CT molecular complexity index is 548. The van der Waals surface area contributed by atoms with Crippen molar-refractivity contribution in [2.45, 2.75) is 13.0 Å². The van der Waals surface area contributed by atoms with Gasteiger partial charge in [-0.25, -0.2) is 9.59 Å². The predicted octanol–water partition coefficient (Wildman–Crippen LogP) is -2.00. The van der Waals surface area contributed by atoms with Gasteiger partial charge in [-0.3, -0.25) is 19.9 Å². The van der Waals surface area contributed by atoms with Gasteiger partial charge in [-0.1, -0.05) is 0 Å². The molecule has 1 aromatic heterocycles. The van der Waals surface area contributed by atoms with Gasteiger partial charge in [0.05, 0.1) is 0 Å². The van der Waals surface area contributed by atoms with Crippen molar-refractivity contribution in [1.29, 1.82) is 0 Å². The van der Waals surface area contributed by atoms with E-state index < -0.39 is 5.69 Å². The van der Waals surface area contributed by atoms with E-state index in [1.807, 2.05) is 0 Å². The van der Waals surface area contributed by atoms with Crippen molar-refractivity contribution in [3.05, 3.63) is 32.6 Å². The van der Waals surface area contributed by atoms with Crippen molar-refractivity contribution < 1.29 is 9.59 Å². The highest BCUT2D eigenvalue weighted by atomic mass is 16.2. The molecule has 0 radical (unpaired) electrons. The van der Waals surface area contributed by atoms with E-state index in [0.717, 1.165) is 0 Å². The van der Waals surface area contributed by atoms with E-state index in [4.69, 9.17) is 0 Å². The number of rotatable bonds is 2. The average molecular weight is 269 g/mol. The van der Waals surface area contributed by atoms with E-state index >= 15 is 0 Å². The van der Waals surface area contributed by atoms with Gasteiger partial charge in [0.1, 0.15) is 0 Å². The van der Waals surface area contributed by atoms with Crippen LogP contribution in [0.3, 0.4) is 0 Å². The minimum absolute atomic E-state index is 0.200. The molecule has 0 atom stereocenters. The van der Waals surface area contributed by atoms with E-state index in [1.165, 1.54) is 6.20 Å². The van der Waals surface area contributed by atoms with Crippen molar-refractivity contribution >= 4 is 11.9 Å². The number of aromatic nitrogens is 2. The van der Waals surface area contributed by atoms with E-state index in [2.05, 4.69) is 25.9 Å². The maximum atomic E-state index is 10.9. The fourth-order valence-corrected chi connectivity index (χ4v) is 1.28. The van der Waals surface area contributed by atoms with Crippen LogP contribution in [0, 0.1) is 0 Å². The molecule has 19 heavy (non-hydrogen) atoms. The normalized spacial score (nSPS) is 13.9. The molecule has 2 heterocycles. The van der Waals surface area contributed by atoms with E-state index in [-0.39, 0.29) is 17.5 Å². The smallest absolute Gasteiger partial charge is 0.325 e. The summed E-state index contributed by atoms with van der Waals surface area (Å²) in [5.41, 5.74) is -0.301. The Kier molecular flexibility index (Phi) is 5.48. The third-order valence-corrected chi connectivity index (χ3v) is 2.15. The van der Waals surface area contributed by atoms with Crippen LogP contribution < -0.4 is 27.2 Å². The molecule has 1 saturated heterocycles. The third kappa shape index (κ3) is 5.17. The second kappa shape index (κ2) is 7.11. The molecule has 1 aliphatic rings. The second-order valence-corrected chi connectivity index (χ2v) is 3.68. The van der Waals surface area contributed by atoms with E-state index in [0.29, 0.717) is 25.1 Å². The zero-order valence-corrected chi connectivity index (χ0v) is 10.3. The van der Waals surface area contributed by atoms with Gasteiger partial charge in [-0.15, -0.1) is 0 Å². The summed E-state index contributed by atoms with van der Waals surface area (Å²) >= 11 is 0. The number of aromatic amines is 2. The maximum Gasteiger partial charge on any atom is 0.325 e. The molecule has 0 spiro atoms. The Balaban J connectivity index is 0.000000200. The zero-order valence-electron chi connectivity index (χ0n) is 10.3. The number of amides is 3. The van der Waals surface area contributed by atoms with Crippen LogP contribution in [0.5, 0.6) is 0 Å². The second-order valence-electron chi connectivity index (χ2n) is 3.68. The van der Waals surface area contributed by atoms with Gasteiger partial charge in [0, 0.05) is 31.3 Å². The molecule has 5 N–H and O–H groups in total. The number of nitrogens with one attached hydrogen (secondary N) is 5. The average Bonchev–Trinajstić information content (AvgIpc) is 2.33. The first-order chi connectivity index (χ1) is 9.02. The summed E-state index contributed by atoms with van der Waals surface area (Å²) in [6, 6.07) is -0.388. The molecule has 0 aliphatic carbocycles. The Morgan fingerprint density at radius 3 is 2.47 bits per heavy atom.